The quantitative estimate of drug-likeness (QED) is 0.435. The summed E-state index contributed by atoms with van der Waals surface area (Å²) in [7, 11) is 3.40. The maximum atomic E-state index is 14.2. The molecule has 5 rings (SSSR count). The molecule has 0 N–H and O–H groups in total. The number of piperidine rings is 1. The molecule has 1 spiro atoms. The first-order valence-corrected chi connectivity index (χ1v) is 13.3. The third kappa shape index (κ3) is 4.06. The Kier molecular flexibility index (Phi) is 6.89. The number of anilines is 3. The highest BCUT2D eigenvalue weighted by Gasteiger charge is 2.52. The maximum Gasteiger partial charge on any atom is 0.242 e. The predicted molar refractivity (Wildman–Crippen MR) is 140 cm³/mol. The first-order chi connectivity index (χ1) is 17.0. The third-order valence-electron chi connectivity index (χ3n) is 8.16. The second kappa shape index (κ2) is 9.93. The Balaban J connectivity index is 1.54. The van der Waals surface area contributed by atoms with Gasteiger partial charge in [0.15, 0.2) is 6.29 Å². The lowest BCUT2D eigenvalue weighted by Crippen LogP contribution is -2.40. The molecule has 1 saturated carbocycles. The van der Waals surface area contributed by atoms with Crippen LogP contribution in [0.4, 0.5) is 17.1 Å². The van der Waals surface area contributed by atoms with E-state index in [0.29, 0.717) is 21.6 Å². The minimum Gasteiger partial charge on any atom is -0.371 e. The lowest BCUT2D eigenvalue weighted by molar-refractivity contribution is -0.141. The Morgan fingerprint density at radius 1 is 1.06 bits per heavy atom. The first-order valence-electron chi connectivity index (χ1n) is 12.5. The number of fused-ring (bicyclic) bond motifs is 2. The van der Waals surface area contributed by atoms with Gasteiger partial charge in [0.1, 0.15) is 6.07 Å². The van der Waals surface area contributed by atoms with Crippen LogP contribution in [0.1, 0.15) is 56.1 Å². The van der Waals surface area contributed by atoms with Crippen molar-refractivity contribution in [3.8, 4) is 6.07 Å². The molecule has 3 aliphatic rings. The highest BCUT2D eigenvalue weighted by Crippen LogP contribution is 2.54. The van der Waals surface area contributed by atoms with Gasteiger partial charge in [-0.15, -0.1) is 0 Å². The van der Waals surface area contributed by atoms with Crippen LogP contribution in [0.25, 0.3) is 0 Å². The average Bonchev–Trinajstić information content (AvgIpc) is 3.12. The molecule has 2 aliphatic heterocycles. The van der Waals surface area contributed by atoms with E-state index < -0.39 is 5.41 Å². The van der Waals surface area contributed by atoms with Gasteiger partial charge in [-0.2, -0.15) is 5.26 Å². The van der Waals surface area contributed by atoms with E-state index in [1.54, 1.807) is 14.2 Å². The molecular formula is C28H32BrN3O3. The van der Waals surface area contributed by atoms with Crippen LogP contribution in [0.15, 0.2) is 40.9 Å². The molecule has 0 aromatic heterocycles. The van der Waals surface area contributed by atoms with Crippen LogP contribution in [-0.2, 0) is 19.7 Å². The fourth-order valence-electron chi connectivity index (χ4n) is 6.34. The molecule has 2 aromatic carbocycles. The summed E-state index contributed by atoms with van der Waals surface area (Å²) in [6, 6.07) is 14.5. The van der Waals surface area contributed by atoms with Crippen LogP contribution in [0.2, 0.25) is 0 Å². The molecule has 1 aliphatic carbocycles. The number of ether oxygens (including phenoxy) is 2. The van der Waals surface area contributed by atoms with Gasteiger partial charge >= 0.3 is 0 Å². The Bertz CT molecular complexity index is 1140. The zero-order valence-corrected chi connectivity index (χ0v) is 22.0. The molecule has 1 saturated heterocycles. The highest BCUT2D eigenvalue weighted by molar-refractivity contribution is 9.10. The van der Waals surface area contributed by atoms with E-state index in [4.69, 9.17) is 9.47 Å². The van der Waals surface area contributed by atoms with Crippen molar-refractivity contribution in [3.05, 3.63) is 52.0 Å². The molecule has 0 bridgehead atoms. The van der Waals surface area contributed by atoms with Crippen molar-refractivity contribution in [2.45, 2.75) is 56.7 Å². The van der Waals surface area contributed by atoms with Crippen LogP contribution in [0.5, 0.6) is 0 Å². The number of carbonyl (C=O) groups excluding carboxylic acids is 1. The number of nitriles is 1. The molecule has 6 nitrogen and oxygen atoms in total. The van der Waals surface area contributed by atoms with Crippen molar-refractivity contribution in [1.82, 2.24) is 0 Å². The van der Waals surface area contributed by atoms with E-state index >= 15 is 0 Å². The molecule has 2 heterocycles. The van der Waals surface area contributed by atoms with E-state index in [2.05, 4.69) is 45.1 Å². The van der Waals surface area contributed by atoms with E-state index in [9.17, 15) is 10.1 Å². The van der Waals surface area contributed by atoms with Crippen molar-refractivity contribution < 1.29 is 14.3 Å². The SMILES string of the molecule is COC(OC)C1CCN(c2ccc3c(c2)N(c2cccc(Br)c2C#N)C(=O)C32CCCCC2)CC1. The number of carbonyl (C=O) groups is 1. The fourth-order valence-corrected chi connectivity index (χ4v) is 6.79. The molecule has 35 heavy (non-hydrogen) atoms. The van der Waals surface area contributed by atoms with Gasteiger partial charge in [0.05, 0.1) is 22.4 Å². The van der Waals surface area contributed by atoms with E-state index in [1.807, 2.05) is 23.1 Å². The van der Waals surface area contributed by atoms with E-state index in [0.717, 1.165) is 68.6 Å². The van der Waals surface area contributed by atoms with Gasteiger partial charge in [-0.25, -0.2) is 0 Å². The molecule has 0 radical (unpaired) electrons. The third-order valence-corrected chi connectivity index (χ3v) is 8.82. The van der Waals surface area contributed by atoms with Gasteiger partial charge < -0.3 is 14.4 Å². The second-order valence-corrected chi connectivity index (χ2v) is 10.7. The zero-order chi connectivity index (χ0) is 24.6. The lowest BCUT2D eigenvalue weighted by atomic mass is 9.70. The second-order valence-electron chi connectivity index (χ2n) is 9.89. The van der Waals surface area contributed by atoms with Crippen molar-refractivity contribution in [2.75, 3.05) is 37.1 Å². The molecule has 2 aromatic rings. The van der Waals surface area contributed by atoms with Gasteiger partial charge in [-0.3, -0.25) is 9.69 Å². The molecule has 1 amide bonds. The summed E-state index contributed by atoms with van der Waals surface area (Å²) in [6.45, 7) is 1.82. The summed E-state index contributed by atoms with van der Waals surface area (Å²) in [4.78, 5) is 18.4. The topological polar surface area (TPSA) is 65.8 Å². The molecule has 184 valence electrons. The molecular weight excluding hydrogens is 506 g/mol. The Labute approximate surface area is 215 Å². The molecule has 2 fully saturated rings. The van der Waals surface area contributed by atoms with Crippen LogP contribution in [-0.4, -0.2) is 39.5 Å². The zero-order valence-electron chi connectivity index (χ0n) is 20.4. The Hall–Kier alpha value is -2.40. The highest BCUT2D eigenvalue weighted by atomic mass is 79.9. The minimum atomic E-state index is -0.488. The number of hydrogen-bond donors (Lipinski definition) is 0. The van der Waals surface area contributed by atoms with Crippen molar-refractivity contribution in [1.29, 1.82) is 5.26 Å². The maximum absolute atomic E-state index is 14.2. The number of methoxy groups -OCH3 is 2. The number of benzene rings is 2. The summed E-state index contributed by atoms with van der Waals surface area (Å²) in [5, 5.41) is 9.92. The largest absolute Gasteiger partial charge is 0.371 e. The summed E-state index contributed by atoms with van der Waals surface area (Å²) < 4.78 is 11.7. The smallest absolute Gasteiger partial charge is 0.242 e. The van der Waals surface area contributed by atoms with Crippen LogP contribution < -0.4 is 9.80 Å². The number of amides is 1. The minimum absolute atomic E-state index is 0.112. The van der Waals surface area contributed by atoms with Gasteiger partial charge in [0, 0.05) is 43.4 Å². The summed E-state index contributed by atoms with van der Waals surface area (Å²) in [6.07, 6.45) is 6.81. The van der Waals surface area contributed by atoms with E-state index in [-0.39, 0.29) is 12.2 Å². The summed E-state index contributed by atoms with van der Waals surface area (Å²) in [5.41, 5.74) is 3.83. The van der Waals surface area contributed by atoms with Crippen LogP contribution in [0.3, 0.4) is 0 Å². The summed E-state index contributed by atoms with van der Waals surface area (Å²) in [5.74, 6) is 0.486. The van der Waals surface area contributed by atoms with Gasteiger partial charge in [0.2, 0.25) is 5.91 Å². The van der Waals surface area contributed by atoms with Crippen molar-refractivity contribution in [2.24, 2.45) is 5.92 Å². The number of hydrogen-bond acceptors (Lipinski definition) is 5. The lowest BCUT2D eigenvalue weighted by Gasteiger charge is -2.36. The predicted octanol–water partition coefficient (Wildman–Crippen LogP) is 6.04. The number of rotatable bonds is 5. The summed E-state index contributed by atoms with van der Waals surface area (Å²) >= 11 is 3.52. The first kappa shape index (κ1) is 24.3. The van der Waals surface area contributed by atoms with Crippen molar-refractivity contribution >= 4 is 38.9 Å². The normalized spacial score (nSPS) is 19.9. The number of halogens is 1. The van der Waals surface area contributed by atoms with Gasteiger partial charge in [0.25, 0.3) is 0 Å². The average molecular weight is 538 g/mol. The fraction of sp³-hybridized carbons (Fsp3) is 0.500. The van der Waals surface area contributed by atoms with E-state index in [1.165, 1.54) is 6.42 Å². The number of nitrogens with zero attached hydrogens (tertiary/aromatic N) is 3. The van der Waals surface area contributed by atoms with Crippen molar-refractivity contribution in [3.63, 3.8) is 0 Å². The monoisotopic (exact) mass is 537 g/mol. The van der Waals surface area contributed by atoms with Crippen LogP contribution in [0, 0.1) is 17.2 Å². The van der Waals surface area contributed by atoms with Gasteiger partial charge in [-0.1, -0.05) is 31.4 Å². The molecule has 0 atom stereocenters. The molecule has 0 unspecified atom stereocenters. The Morgan fingerprint density at radius 2 is 1.77 bits per heavy atom. The van der Waals surface area contributed by atoms with Gasteiger partial charge in [-0.05, 0) is 71.4 Å². The van der Waals surface area contributed by atoms with Crippen LogP contribution >= 0.6 is 15.9 Å². The Morgan fingerprint density at radius 3 is 2.43 bits per heavy atom. The standard InChI is InChI=1S/C28H32BrN3O3/c1-34-26(35-2)19-11-15-31(16-12-19)20-9-10-22-25(17-20)32(24-8-6-7-23(29)21(24)18-30)27(33)28(22)13-4-3-5-14-28/h6-10,17,19,26H,3-5,11-16H2,1-2H3. The molecule has 7 heteroatoms.